The number of pyridine rings is 1. The zero-order chi connectivity index (χ0) is 21.3. The van der Waals surface area contributed by atoms with Gasteiger partial charge in [-0.1, -0.05) is 30.3 Å². The Kier molecular flexibility index (Phi) is 7.93. The molecule has 3 rings (SSSR count). The van der Waals surface area contributed by atoms with Crippen LogP contribution in [-0.2, 0) is 9.53 Å². The van der Waals surface area contributed by atoms with Gasteiger partial charge in [0.05, 0.1) is 23.5 Å². The Hall–Kier alpha value is -2.77. The number of ether oxygens (including phenoxy) is 1. The van der Waals surface area contributed by atoms with Gasteiger partial charge >= 0.3 is 0 Å². The molecule has 1 N–H and O–H groups in total. The number of amides is 2. The summed E-state index contributed by atoms with van der Waals surface area (Å²) < 4.78 is 4.98. The predicted octanol–water partition coefficient (Wildman–Crippen LogP) is 1.97. The van der Waals surface area contributed by atoms with Gasteiger partial charge in [0.25, 0.3) is 5.91 Å². The molecule has 1 aromatic heterocycles. The van der Waals surface area contributed by atoms with Crippen LogP contribution in [0, 0.1) is 6.92 Å². The van der Waals surface area contributed by atoms with E-state index in [0.717, 1.165) is 23.4 Å². The van der Waals surface area contributed by atoms with E-state index in [9.17, 15) is 9.59 Å². The molecule has 0 saturated carbocycles. The summed E-state index contributed by atoms with van der Waals surface area (Å²) in [6, 6.07) is 13.7. The van der Waals surface area contributed by atoms with Crippen LogP contribution in [-0.4, -0.2) is 79.6 Å². The van der Waals surface area contributed by atoms with Crippen molar-refractivity contribution in [1.29, 1.82) is 0 Å². The van der Waals surface area contributed by atoms with Crippen LogP contribution in [0.5, 0.6) is 0 Å². The lowest BCUT2D eigenvalue weighted by atomic mass is 10.1. The highest BCUT2D eigenvalue weighted by atomic mass is 16.5. The fourth-order valence-electron chi connectivity index (χ4n) is 3.54. The second-order valence-electron chi connectivity index (χ2n) is 7.46. The lowest BCUT2D eigenvalue weighted by Gasteiger charge is -2.34. The smallest absolute Gasteiger partial charge is 0.255 e. The molecule has 1 fully saturated rings. The maximum Gasteiger partial charge on any atom is 0.255 e. The lowest BCUT2D eigenvalue weighted by molar-refractivity contribution is -0.122. The van der Waals surface area contributed by atoms with Gasteiger partial charge in [-0.2, -0.15) is 0 Å². The van der Waals surface area contributed by atoms with Crippen LogP contribution in [0.4, 0.5) is 0 Å². The number of carbonyl (C=O) groups excluding carboxylic acids is 2. The van der Waals surface area contributed by atoms with Gasteiger partial charge in [0.15, 0.2) is 0 Å². The first-order valence-corrected chi connectivity index (χ1v) is 10.4. The highest BCUT2D eigenvalue weighted by Gasteiger charge is 2.24. The molecule has 0 spiro atoms. The van der Waals surface area contributed by atoms with Gasteiger partial charge in [0, 0.05) is 52.0 Å². The third kappa shape index (κ3) is 5.87. The Morgan fingerprint density at radius 1 is 1.07 bits per heavy atom. The molecule has 0 radical (unpaired) electrons. The van der Waals surface area contributed by atoms with Crippen molar-refractivity contribution in [2.45, 2.75) is 13.3 Å². The summed E-state index contributed by atoms with van der Waals surface area (Å²) in [5.41, 5.74) is 3.28. The zero-order valence-electron chi connectivity index (χ0n) is 17.8. The highest BCUT2D eigenvalue weighted by Crippen LogP contribution is 2.20. The van der Waals surface area contributed by atoms with Crippen LogP contribution in [0.25, 0.3) is 11.3 Å². The first-order chi connectivity index (χ1) is 14.6. The molecule has 30 heavy (non-hydrogen) atoms. The van der Waals surface area contributed by atoms with Crippen molar-refractivity contribution in [3.8, 4) is 11.3 Å². The van der Waals surface area contributed by atoms with Gasteiger partial charge in [-0.3, -0.25) is 19.5 Å². The van der Waals surface area contributed by atoms with E-state index in [4.69, 9.17) is 4.74 Å². The van der Waals surface area contributed by atoms with Crippen molar-refractivity contribution in [2.75, 3.05) is 53.0 Å². The van der Waals surface area contributed by atoms with Crippen molar-refractivity contribution in [3.05, 3.63) is 53.7 Å². The van der Waals surface area contributed by atoms with Crippen molar-refractivity contribution < 1.29 is 14.3 Å². The number of nitrogens with zero attached hydrogens (tertiary/aromatic N) is 3. The van der Waals surface area contributed by atoms with E-state index < -0.39 is 0 Å². The summed E-state index contributed by atoms with van der Waals surface area (Å²) in [4.78, 5) is 33.6. The maximum atomic E-state index is 13.0. The highest BCUT2D eigenvalue weighted by molar-refractivity contribution is 5.95. The van der Waals surface area contributed by atoms with Gasteiger partial charge in [-0.05, 0) is 25.5 Å². The minimum absolute atomic E-state index is 0.00304. The van der Waals surface area contributed by atoms with Crippen LogP contribution in [0.2, 0.25) is 0 Å². The molecule has 160 valence electrons. The SMILES string of the molecule is COCCCNC(=O)CN1CCN(C(=O)c2ccc(-c3ccccc3)nc2C)CC1. The Morgan fingerprint density at radius 3 is 2.47 bits per heavy atom. The number of methoxy groups -OCH3 is 1. The molecule has 0 aliphatic carbocycles. The van der Waals surface area contributed by atoms with Gasteiger partial charge in [-0.25, -0.2) is 0 Å². The number of piperazine rings is 1. The van der Waals surface area contributed by atoms with Gasteiger partial charge in [0.2, 0.25) is 5.91 Å². The molecule has 1 aromatic carbocycles. The molecule has 7 nitrogen and oxygen atoms in total. The van der Waals surface area contributed by atoms with Crippen LogP contribution >= 0.6 is 0 Å². The molecule has 0 atom stereocenters. The fraction of sp³-hybridized carbons (Fsp3) is 0.435. The summed E-state index contributed by atoms with van der Waals surface area (Å²) in [5, 5.41) is 2.90. The fourth-order valence-corrected chi connectivity index (χ4v) is 3.54. The number of benzene rings is 1. The normalized spacial score (nSPS) is 14.5. The van der Waals surface area contributed by atoms with Crippen molar-refractivity contribution in [3.63, 3.8) is 0 Å². The molecule has 0 bridgehead atoms. The average molecular weight is 411 g/mol. The molecule has 1 aliphatic heterocycles. The Balaban J connectivity index is 1.51. The minimum Gasteiger partial charge on any atom is -0.385 e. The van der Waals surface area contributed by atoms with Gasteiger partial charge in [0.1, 0.15) is 0 Å². The largest absolute Gasteiger partial charge is 0.385 e. The summed E-state index contributed by atoms with van der Waals surface area (Å²) in [6.45, 7) is 6.09. The molecular formula is C23H30N4O3. The number of carbonyl (C=O) groups is 2. The molecule has 2 heterocycles. The number of hydrogen-bond donors (Lipinski definition) is 1. The lowest BCUT2D eigenvalue weighted by Crippen LogP contribution is -2.51. The molecule has 0 unspecified atom stereocenters. The summed E-state index contributed by atoms with van der Waals surface area (Å²) >= 11 is 0. The third-order valence-electron chi connectivity index (χ3n) is 5.26. The molecular weight excluding hydrogens is 380 g/mol. The van der Waals surface area contributed by atoms with Gasteiger partial charge in [-0.15, -0.1) is 0 Å². The molecule has 1 aliphatic rings. The van der Waals surface area contributed by atoms with E-state index in [1.165, 1.54) is 0 Å². The first kappa shape index (κ1) is 21.9. The number of aryl methyl sites for hydroxylation is 1. The monoisotopic (exact) mass is 410 g/mol. The summed E-state index contributed by atoms with van der Waals surface area (Å²) in [5.74, 6) is 0.0192. The Morgan fingerprint density at radius 2 is 1.80 bits per heavy atom. The number of hydrogen-bond acceptors (Lipinski definition) is 5. The van der Waals surface area contributed by atoms with E-state index in [2.05, 4.69) is 15.2 Å². The second-order valence-corrected chi connectivity index (χ2v) is 7.46. The molecule has 7 heteroatoms. The standard InChI is InChI=1S/C23H30N4O3/c1-18-20(9-10-21(25-18)19-7-4-3-5-8-19)23(29)27-14-12-26(13-15-27)17-22(28)24-11-6-16-30-2/h3-5,7-10H,6,11-17H2,1-2H3,(H,24,28). The van der Waals surface area contributed by atoms with E-state index >= 15 is 0 Å². The van der Waals surface area contributed by atoms with Crippen LogP contribution < -0.4 is 5.32 Å². The van der Waals surface area contributed by atoms with E-state index in [0.29, 0.717) is 51.4 Å². The molecule has 2 aromatic rings. The number of nitrogens with one attached hydrogen (secondary N) is 1. The van der Waals surface area contributed by atoms with Crippen molar-refractivity contribution in [2.24, 2.45) is 0 Å². The maximum absolute atomic E-state index is 13.0. The second kappa shape index (κ2) is 10.8. The Labute approximate surface area is 178 Å². The van der Waals surface area contributed by atoms with Crippen LogP contribution in [0.1, 0.15) is 22.5 Å². The molecule has 2 amide bonds. The quantitative estimate of drug-likeness (QED) is 0.674. The van der Waals surface area contributed by atoms with Crippen molar-refractivity contribution in [1.82, 2.24) is 20.1 Å². The molecule has 1 saturated heterocycles. The first-order valence-electron chi connectivity index (χ1n) is 10.4. The van der Waals surface area contributed by atoms with E-state index in [-0.39, 0.29) is 11.8 Å². The van der Waals surface area contributed by atoms with E-state index in [1.54, 1.807) is 7.11 Å². The Bertz CT molecular complexity index is 849. The van der Waals surface area contributed by atoms with Gasteiger partial charge < -0.3 is 15.0 Å². The predicted molar refractivity (Wildman–Crippen MR) is 116 cm³/mol. The number of rotatable bonds is 8. The van der Waals surface area contributed by atoms with Crippen LogP contribution in [0.3, 0.4) is 0 Å². The van der Waals surface area contributed by atoms with Crippen LogP contribution in [0.15, 0.2) is 42.5 Å². The van der Waals surface area contributed by atoms with E-state index in [1.807, 2.05) is 54.3 Å². The topological polar surface area (TPSA) is 74.8 Å². The zero-order valence-corrected chi connectivity index (χ0v) is 17.8. The minimum atomic E-state index is 0.00304. The summed E-state index contributed by atoms with van der Waals surface area (Å²) in [6.07, 6.45) is 0.807. The van der Waals surface area contributed by atoms with Crippen molar-refractivity contribution >= 4 is 11.8 Å². The number of aromatic nitrogens is 1. The third-order valence-corrected chi connectivity index (χ3v) is 5.26. The summed E-state index contributed by atoms with van der Waals surface area (Å²) in [7, 11) is 1.65. The average Bonchev–Trinajstić information content (AvgIpc) is 2.77.